The molecule has 5 heteroatoms. The Hall–Kier alpha value is -3.37. The molecule has 1 aliphatic rings. The molecule has 4 rings (SSSR count). The summed E-state index contributed by atoms with van der Waals surface area (Å²) < 4.78 is 11.3. The van der Waals surface area contributed by atoms with Crippen LogP contribution in [0.2, 0.25) is 5.02 Å². The molecular formula is C24H17ClO4. The Morgan fingerprint density at radius 3 is 2.34 bits per heavy atom. The molecule has 0 saturated carbocycles. The van der Waals surface area contributed by atoms with Gasteiger partial charge in [-0.15, -0.1) is 0 Å². The molecule has 0 aromatic heterocycles. The number of esters is 1. The number of halogens is 1. The van der Waals surface area contributed by atoms with Gasteiger partial charge in [-0.1, -0.05) is 41.4 Å². The average Bonchev–Trinajstić information content (AvgIpc) is 3.03. The van der Waals surface area contributed by atoms with E-state index in [-0.39, 0.29) is 11.5 Å². The Bertz CT molecular complexity index is 1140. The van der Waals surface area contributed by atoms with E-state index in [9.17, 15) is 9.59 Å². The number of ether oxygens (including phenoxy) is 2. The summed E-state index contributed by atoms with van der Waals surface area (Å²) in [6, 6.07) is 17.5. The number of benzene rings is 3. The maximum Gasteiger partial charge on any atom is 0.343 e. The molecule has 0 N–H and O–H groups in total. The number of rotatable bonds is 3. The lowest BCUT2D eigenvalue weighted by Gasteiger charge is -2.10. The van der Waals surface area contributed by atoms with Gasteiger partial charge in [0.25, 0.3) is 0 Å². The van der Waals surface area contributed by atoms with Crippen LogP contribution in [0.4, 0.5) is 0 Å². The molecule has 1 heterocycles. The zero-order valence-corrected chi connectivity index (χ0v) is 16.6. The highest BCUT2D eigenvalue weighted by molar-refractivity contribution is 6.30. The fourth-order valence-electron chi connectivity index (χ4n) is 3.04. The molecule has 0 atom stereocenters. The van der Waals surface area contributed by atoms with E-state index in [1.807, 2.05) is 19.1 Å². The lowest BCUT2D eigenvalue weighted by atomic mass is 10.1. The third-order valence-electron chi connectivity index (χ3n) is 4.69. The van der Waals surface area contributed by atoms with Crippen LogP contribution in [0, 0.1) is 13.8 Å². The standard InChI is InChI=1S/C24H17ClO4/c1-14-3-7-17(8-4-14)24(27)29-20-12-11-19-22(26)21(28-23(19)15(20)2)13-16-5-9-18(25)10-6-16/h3-13H,1-2H3/b21-13-. The molecule has 0 bridgehead atoms. The Labute approximate surface area is 173 Å². The van der Waals surface area contributed by atoms with Crippen LogP contribution in [0.25, 0.3) is 6.08 Å². The Morgan fingerprint density at radius 2 is 1.66 bits per heavy atom. The van der Waals surface area contributed by atoms with Crippen molar-refractivity contribution in [3.63, 3.8) is 0 Å². The van der Waals surface area contributed by atoms with Crippen molar-refractivity contribution in [3.8, 4) is 11.5 Å². The summed E-state index contributed by atoms with van der Waals surface area (Å²) >= 11 is 5.90. The third kappa shape index (κ3) is 3.80. The lowest BCUT2D eigenvalue weighted by Crippen LogP contribution is -2.09. The highest BCUT2D eigenvalue weighted by atomic mass is 35.5. The number of Topliss-reactive ketones (excluding diaryl/α,β-unsaturated/α-hetero) is 1. The molecule has 0 amide bonds. The van der Waals surface area contributed by atoms with E-state index in [1.165, 1.54) is 0 Å². The fourth-order valence-corrected chi connectivity index (χ4v) is 3.16. The number of ketones is 1. The lowest BCUT2D eigenvalue weighted by molar-refractivity contribution is 0.0733. The second-order valence-corrected chi connectivity index (χ2v) is 7.25. The minimum atomic E-state index is -0.464. The average molecular weight is 405 g/mol. The molecule has 29 heavy (non-hydrogen) atoms. The van der Waals surface area contributed by atoms with Crippen molar-refractivity contribution < 1.29 is 19.1 Å². The molecule has 0 aliphatic carbocycles. The topological polar surface area (TPSA) is 52.6 Å². The van der Waals surface area contributed by atoms with Crippen molar-refractivity contribution in [2.75, 3.05) is 0 Å². The van der Waals surface area contributed by atoms with Gasteiger partial charge in [0, 0.05) is 10.6 Å². The molecule has 0 radical (unpaired) electrons. The van der Waals surface area contributed by atoms with E-state index in [0.29, 0.717) is 33.2 Å². The Morgan fingerprint density at radius 1 is 0.966 bits per heavy atom. The number of hydrogen-bond donors (Lipinski definition) is 0. The number of carbonyl (C=O) groups excluding carboxylic acids is 2. The maximum atomic E-state index is 12.7. The van der Waals surface area contributed by atoms with Gasteiger partial charge in [0.1, 0.15) is 11.5 Å². The van der Waals surface area contributed by atoms with Gasteiger partial charge < -0.3 is 9.47 Å². The molecule has 0 spiro atoms. The molecule has 1 aliphatic heterocycles. The normalized spacial score (nSPS) is 13.9. The number of allylic oxidation sites excluding steroid dienone is 1. The van der Waals surface area contributed by atoms with Crippen LogP contribution in [-0.2, 0) is 0 Å². The van der Waals surface area contributed by atoms with Gasteiger partial charge in [-0.05, 0) is 61.9 Å². The minimum absolute atomic E-state index is 0.213. The van der Waals surface area contributed by atoms with Crippen LogP contribution < -0.4 is 9.47 Å². The fraction of sp³-hybridized carbons (Fsp3) is 0.0833. The van der Waals surface area contributed by atoms with Gasteiger partial charge in [-0.3, -0.25) is 4.79 Å². The summed E-state index contributed by atoms with van der Waals surface area (Å²) in [5.41, 5.74) is 3.35. The first-order valence-electron chi connectivity index (χ1n) is 9.04. The van der Waals surface area contributed by atoms with E-state index in [4.69, 9.17) is 21.1 Å². The van der Waals surface area contributed by atoms with Crippen LogP contribution in [0.5, 0.6) is 11.5 Å². The van der Waals surface area contributed by atoms with Crippen LogP contribution in [0.3, 0.4) is 0 Å². The summed E-state index contributed by atoms with van der Waals surface area (Å²) in [5.74, 6) is 0.301. The number of hydrogen-bond acceptors (Lipinski definition) is 4. The maximum absolute atomic E-state index is 12.7. The second-order valence-electron chi connectivity index (χ2n) is 6.81. The number of aryl methyl sites for hydroxylation is 1. The van der Waals surface area contributed by atoms with Crippen LogP contribution in [0.15, 0.2) is 66.4 Å². The smallest absolute Gasteiger partial charge is 0.343 e. The minimum Gasteiger partial charge on any atom is -0.452 e. The van der Waals surface area contributed by atoms with Gasteiger partial charge in [-0.2, -0.15) is 0 Å². The van der Waals surface area contributed by atoms with Crippen molar-refractivity contribution in [1.29, 1.82) is 0 Å². The first-order valence-corrected chi connectivity index (χ1v) is 9.42. The quantitative estimate of drug-likeness (QED) is 0.315. The van der Waals surface area contributed by atoms with Crippen molar-refractivity contribution in [2.45, 2.75) is 13.8 Å². The Kier molecular flexibility index (Phi) is 4.95. The first-order chi connectivity index (χ1) is 13.9. The van der Waals surface area contributed by atoms with Crippen molar-refractivity contribution in [3.05, 3.63) is 99.3 Å². The van der Waals surface area contributed by atoms with Crippen molar-refractivity contribution in [1.82, 2.24) is 0 Å². The molecule has 3 aromatic carbocycles. The molecule has 144 valence electrons. The molecule has 3 aromatic rings. The summed E-state index contributed by atoms with van der Waals surface area (Å²) in [7, 11) is 0. The summed E-state index contributed by atoms with van der Waals surface area (Å²) in [4.78, 5) is 25.1. The molecule has 0 unspecified atom stereocenters. The van der Waals surface area contributed by atoms with Crippen LogP contribution >= 0.6 is 11.6 Å². The molecular weight excluding hydrogens is 388 g/mol. The predicted molar refractivity (Wildman–Crippen MR) is 112 cm³/mol. The molecule has 4 nitrogen and oxygen atoms in total. The van der Waals surface area contributed by atoms with Gasteiger partial charge in [0.2, 0.25) is 5.78 Å². The van der Waals surface area contributed by atoms with E-state index >= 15 is 0 Å². The van der Waals surface area contributed by atoms with Gasteiger partial charge >= 0.3 is 5.97 Å². The summed E-state index contributed by atoms with van der Waals surface area (Å²) in [5, 5.41) is 0.616. The van der Waals surface area contributed by atoms with E-state index in [0.717, 1.165) is 11.1 Å². The van der Waals surface area contributed by atoms with Crippen molar-refractivity contribution >= 4 is 29.4 Å². The highest BCUT2D eigenvalue weighted by Gasteiger charge is 2.30. The largest absolute Gasteiger partial charge is 0.452 e. The van der Waals surface area contributed by atoms with E-state index in [1.54, 1.807) is 61.5 Å². The van der Waals surface area contributed by atoms with E-state index in [2.05, 4.69) is 0 Å². The Balaban J connectivity index is 1.60. The highest BCUT2D eigenvalue weighted by Crippen LogP contribution is 2.39. The van der Waals surface area contributed by atoms with Gasteiger partial charge in [-0.25, -0.2) is 4.79 Å². The predicted octanol–water partition coefficient (Wildman–Crippen LogP) is 5.79. The van der Waals surface area contributed by atoms with Crippen LogP contribution in [-0.4, -0.2) is 11.8 Å². The third-order valence-corrected chi connectivity index (χ3v) is 4.95. The zero-order chi connectivity index (χ0) is 20.5. The van der Waals surface area contributed by atoms with Crippen LogP contribution in [0.1, 0.15) is 37.4 Å². The van der Waals surface area contributed by atoms with Gasteiger partial charge in [0.15, 0.2) is 5.76 Å². The number of fused-ring (bicyclic) bond motifs is 1. The second kappa shape index (κ2) is 7.57. The molecule has 0 saturated heterocycles. The first kappa shape index (κ1) is 19.0. The summed E-state index contributed by atoms with van der Waals surface area (Å²) in [6.07, 6.45) is 1.66. The SMILES string of the molecule is Cc1ccc(C(=O)Oc2ccc3c(c2C)O/C(=C\c2ccc(Cl)cc2)C3=O)cc1. The monoisotopic (exact) mass is 404 g/mol. The molecule has 0 fully saturated rings. The number of carbonyl (C=O) groups is 2. The van der Waals surface area contributed by atoms with Gasteiger partial charge in [0.05, 0.1) is 11.1 Å². The van der Waals surface area contributed by atoms with Crippen molar-refractivity contribution in [2.24, 2.45) is 0 Å². The summed E-state index contributed by atoms with van der Waals surface area (Å²) in [6.45, 7) is 3.71. The zero-order valence-electron chi connectivity index (χ0n) is 15.9. The van der Waals surface area contributed by atoms with E-state index < -0.39 is 5.97 Å².